The Labute approximate surface area is 146 Å². The van der Waals surface area contributed by atoms with Gasteiger partial charge in [0.2, 0.25) is 0 Å². The quantitative estimate of drug-likeness (QED) is 0.408. The maximum Gasteiger partial charge on any atom is 0.313 e. The van der Waals surface area contributed by atoms with E-state index in [1.54, 1.807) is 7.11 Å². The average Bonchev–Trinajstić information content (AvgIpc) is 2.62. The van der Waals surface area contributed by atoms with Crippen LogP contribution in [-0.2, 0) is 14.4 Å². The van der Waals surface area contributed by atoms with Crippen LogP contribution in [0.1, 0.15) is 31.2 Å². The summed E-state index contributed by atoms with van der Waals surface area (Å²) in [4.78, 5) is 16.6. The highest BCUT2D eigenvalue weighted by Gasteiger charge is 2.17. The lowest BCUT2D eigenvalue weighted by Gasteiger charge is -2.13. The Hall–Kier alpha value is -2.19. The van der Waals surface area contributed by atoms with E-state index < -0.39 is 0 Å². The number of esters is 1. The fraction of sp³-hybridized carbons (Fsp3) is 0.389. The van der Waals surface area contributed by atoms with Gasteiger partial charge in [0.05, 0.1) is 31.6 Å². The summed E-state index contributed by atoms with van der Waals surface area (Å²) in [7, 11) is 1.63. The molecule has 0 unspecified atom stereocenters. The highest BCUT2D eigenvalue weighted by atomic mass is 17.1. The number of methoxy groups -OCH3 is 1. The highest BCUT2D eigenvalue weighted by molar-refractivity contribution is 5.86. The summed E-state index contributed by atoms with van der Waals surface area (Å²) in [5.41, 5.74) is 0.891. The Bertz CT molecular complexity index is 703. The average molecular weight is 349 g/mol. The van der Waals surface area contributed by atoms with Gasteiger partial charge < -0.3 is 9.47 Å². The molecule has 0 aliphatic rings. The largest absolute Gasteiger partial charge is 0.497 e. The number of carbonyl (C=O) groups is 1. The molecule has 2 aromatic rings. The van der Waals surface area contributed by atoms with Crippen LogP contribution in [0.15, 0.2) is 36.4 Å². The first-order valence-corrected chi connectivity index (χ1v) is 8.06. The van der Waals surface area contributed by atoms with Gasteiger partial charge in [0.1, 0.15) is 5.75 Å². The van der Waals surface area contributed by atoms with Crippen LogP contribution in [0.25, 0.3) is 10.8 Å². The van der Waals surface area contributed by atoms with Gasteiger partial charge in [-0.15, -0.1) is 0 Å². The number of ether oxygens (including phenoxy) is 2. The summed E-state index contributed by atoms with van der Waals surface area (Å²) >= 11 is 0. The number of hydrogen-bond acceptors (Lipinski definition) is 7. The maximum absolute atomic E-state index is 12.2. The van der Waals surface area contributed by atoms with E-state index in [-0.39, 0.29) is 30.5 Å². The Morgan fingerprint density at radius 3 is 2.48 bits per heavy atom. The van der Waals surface area contributed by atoms with E-state index >= 15 is 0 Å². The molecule has 0 spiro atoms. The van der Waals surface area contributed by atoms with Crippen LogP contribution in [0, 0.1) is 0 Å². The molecule has 0 aliphatic carbocycles. The van der Waals surface area contributed by atoms with Crippen LogP contribution in [0.3, 0.4) is 0 Å². The molecule has 7 heteroatoms. The van der Waals surface area contributed by atoms with Crippen molar-refractivity contribution in [2.24, 2.45) is 0 Å². The van der Waals surface area contributed by atoms with Crippen LogP contribution < -0.4 is 4.74 Å². The van der Waals surface area contributed by atoms with E-state index in [0.29, 0.717) is 12.8 Å². The van der Waals surface area contributed by atoms with Crippen LogP contribution in [0.4, 0.5) is 0 Å². The van der Waals surface area contributed by atoms with E-state index in [1.165, 1.54) is 0 Å². The molecule has 0 fully saturated rings. The van der Waals surface area contributed by atoms with E-state index in [2.05, 4.69) is 4.84 Å². The zero-order valence-electron chi connectivity index (χ0n) is 14.3. The molecule has 0 aliphatic heterocycles. The smallest absolute Gasteiger partial charge is 0.313 e. The zero-order valence-corrected chi connectivity index (χ0v) is 14.3. The van der Waals surface area contributed by atoms with Gasteiger partial charge in [-0.2, -0.15) is 0 Å². The predicted molar refractivity (Wildman–Crippen MR) is 90.5 cm³/mol. The van der Waals surface area contributed by atoms with Crippen molar-refractivity contribution in [3.63, 3.8) is 0 Å². The summed E-state index contributed by atoms with van der Waals surface area (Å²) in [5.74, 6) is 0.134. The minimum absolute atomic E-state index is 0.133. The molecule has 136 valence electrons. The summed E-state index contributed by atoms with van der Waals surface area (Å²) in [5, 5.41) is 18.5. The first kappa shape index (κ1) is 19.1. The van der Waals surface area contributed by atoms with Gasteiger partial charge in [0, 0.05) is 0 Å². The molecule has 2 aromatic carbocycles. The van der Waals surface area contributed by atoms with Crippen molar-refractivity contribution in [2.75, 3.05) is 20.3 Å². The van der Waals surface area contributed by atoms with Gasteiger partial charge in [-0.25, -0.2) is 0 Å². The monoisotopic (exact) mass is 349 g/mol. The van der Waals surface area contributed by atoms with Gasteiger partial charge in [-0.05, 0) is 48.2 Å². The van der Waals surface area contributed by atoms with Crippen molar-refractivity contribution in [3.8, 4) is 5.75 Å². The van der Waals surface area contributed by atoms with E-state index in [4.69, 9.17) is 19.9 Å². The zero-order chi connectivity index (χ0) is 18.2. The van der Waals surface area contributed by atoms with Gasteiger partial charge in [0.25, 0.3) is 0 Å². The Morgan fingerprint density at radius 2 is 1.76 bits per heavy atom. The minimum atomic E-state index is -0.367. The molecule has 0 bridgehead atoms. The Morgan fingerprint density at radius 1 is 1.08 bits per heavy atom. The SMILES string of the molecule is COc1ccc2cc([C@H](C)C(=O)OCCCCON(O)O)ccc2c1. The predicted octanol–water partition coefficient (Wildman–Crippen LogP) is 3.29. The van der Waals surface area contributed by atoms with Crippen LogP contribution >= 0.6 is 0 Å². The molecule has 2 rings (SSSR count). The van der Waals surface area contributed by atoms with Crippen molar-refractivity contribution in [3.05, 3.63) is 42.0 Å². The third-order valence-corrected chi connectivity index (χ3v) is 3.91. The number of fused-ring (bicyclic) bond motifs is 1. The molecule has 0 aromatic heterocycles. The summed E-state index contributed by atoms with van der Waals surface area (Å²) in [6.07, 6.45) is 1.11. The van der Waals surface area contributed by atoms with Gasteiger partial charge in [-0.3, -0.25) is 20.0 Å². The standard InChI is InChI=1S/C18H23NO6/c1-13(18(20)24-9-3-4-10-25-19(21)22)14-5-6-16-12-17(23-2)8-7-15(16)11-14/h5-8,11-13,21-22H,3-4,9-10H2,1-2H3/t13-/m0/s1. The van der Waals surface area contributed by atoms with Crippen molar-refractivity contribution < 1.29 is 29.5 Å². The topological polar surface area (TPSA) is 88.5 Å². The second kappa shape index (κ2) is 9.33. The summed E-state index contributed by atoms with van der Waals surface area (Å²) in [6.45, 7) is 2.20. The van der Waals surface area contributed by atoms with Crippen LogP contribution in [0.2, 0.25) is 0 Å². The van der Waals surface area contributed by atoms with Crippen LogP contribution in [0.5, 0.6) is 5.75 Å². The lowest BCUT2D eigenvalue weighted by molar-refractivity contribution is -0.492. The van der Waals surface area contributed by atoms with Gasteiger partial charge >= 0.3 is 5.97 Å². The fourth-order valence-electron chi connectivity index (χ4n) is 2.42. The molecule has 1 atom stereocenters. The number of rotatable bonds is 9. The first-order chi connectivity index (χ1) is 12.0. The number of benzene rings is 2. The molecule has 7 nitrogen and oxygen atoms in total. The van der Waals surface area contributed by atoms with E-state index in [9.17, 15) is 4.79 Å². The van der Waals surface area contributed by atoms with E-state index in [0.717, 1.165) is 22.1 Å². The number of unbranched alkanes of at least 4 members (excludes halogenated alkanes) is 1. The second-order valence-corrected chi connectivity index (χ2v) is 5.65. The molecule has 0 saturated heterocycles. The second-order valence-electron chi connectivity index (χ2n) is 5.65. The van der Waals surface area contributed by atoms with Crippen molar-refractivity contribution in [1.29, 1.82) is 0 Å². The first-order valence-electron chi connectivity index (χ1n) is 8.06. The molecule has 25 heavy (non-hydrogen) atoms. The number of carbonyl (C=O) groups excluding carboxylic acids is 1. The van der Waals surface area contributed by atoms with Gasteiger partial charge in [0.15, 0.2) is 0 Å². The minimum Gasteiger partial charge on any atom is -0.497 e. The van der Waals surface area contributed by atoms with E-state index in [1.807, 2.05) is 43.3 Å². The molecular formula is C18H23NO6. The fourth-order valence-corrected chi connectivity index (χ4v) is 2.42. The molecule has 0 saturated carbocycles. The van der Waals surface area contributed by atoms with Crippen molar-refractivity contribution in [1.82, 2.24) is 5.39 Å². The lowest BCUT2D eigenvalue weighted by Crippen LogP contribution is -2.16. The Balaban J connectivity index is 1.87. The third-order valence-electron chi connectivity index (χ3n) is 3.91. The number of hydrogen-bond donors (Lipinski definition) is 2. The molecular weight excluding hydrogens is 326 g/mol. The number of nitrogens with zero attached hydrogens (tertiary/aromatic N) is 1. The maximum atomic E-state index is 12.2. The summed E-state index contributed by atoms with van der Waals surface area (Å²) in [6, 6.07) is 11.6. The van der Waals surface area contributed by atoms with Crippen molar-refractivity contribution in [2.45, 2.75) is 25.7 Å². The van der Waals surface area contributed by atoms with Crippen molar-refractivity contribution >= 4 is 16.7 Å². The molecule has 0 heterocycles. The normalized spacial score (nSPS) is 12.4. The molecule has 2 N–H and O–H groups in total. The Kier molecular flexibility index (Phi) is 7.15. The lowest BCUT2D eigenvalue weighted by atomic mass is 9.98. The van der Waals surface area contributed by atoms with Crippen LogP contribution in [-0.4, -0.2) is 42.1 Å². The molecule has 0 amide bonds. The highest BCUT2D eigenvalue weighted by Crippen LogP contribution is 2.25. The molecule has 0 radical (unpaired) electrons. The third kappa shape index (κ3) is 5.68. The summed E-state index contributed by atoms with van der Waals surface area (Å²) < 4.78 is 10.5. The van der Waals surface area contributed by atoms with Gasteiger partial charge in [-0.1, -0.05) is 24.3 Å².